The van der Waals surface area contributed by atoms with Crippen molar-refractivity contribution in [3.63, 3.8) is 0 Å². The van der Waals surface area contributed by atoms with Gasteiger partial charge >= 0.3 is 28.4 Å². The van der Waals surface area contributed by atoms with Gasteiger partial charge in [-0.25, -0.2) is 0 Å². The van der Waals surface area contributed by atoms with Crippen LogP contribution in [0.4, 0.5) is 0 Å². The monoisotopic (exact) mass is 668 g/mol. The number of methoxy groups -OCH3 is 2. The summed E-state index contributed by atoms with van der Waals surface area (Å²) >= 11 is 0. The van der Waals surface area contributed by atoms with Gasteiger partial charge in [-0.3, -0.25) is 9.59 Å². The first-order chi connectivity index (χ1) is 21.1. The molecule has 0 aromatic carbocycles. The topological polar surface area (TPSA) is 105 Å². The summed E-state index contributed by atoms with van der Waals surface area (Å²) in [5, 5.41) is 19.3. The molecule has 9 heteroatoms. The second kappa shape index (κ2) is 15.8. The van der Waals surface area contributed by atoms with Crippen molar-refractivity contribution in [2.75, 3.05) is 14.2 Å². The third kappa shape index (κ3) is 7.59. The Hall–Kier alpha value is -1.25. The summed E-state index contributed by atoms with van der Waals surface area (Å²) < 4.78 is 10.1. The van der Waals surface area contributed by atoms with E-state index in [0.29, 0.717) is 60.7 Å². The number of ether oxygens (including phenoxy) is 2. The van der Waals surface area contributed by atoms with Crippen LogP contribution in [0.3, 0.4) is 0 Å². The Kier molecular flexibility index (Phi) is 12.8. The van der Waals surface area contributed by atoms with Gasteiger partial charge in [-0.1, -0.05) is 80.1 Å². The largest absolute Gasteiger partial charge is 2.00 e. The maximum absolute atomic E-state index is 12.3. The van der Waals surface area contributed by atoms with E-state index in [1.807, 2.05) is 0 Å². The van der Waals surface area contributed by atoms with Crippen molar-refractivity contribution in [2.45, 2.75) is 154 Å². The van der Waals surface area contributed by atoms with Gasteiger partial charge in [0.25, 0.3) is 0 Å². The molecule has 8 bridgehead atoms. The van der Waals surface area contributed by atoms with Gasteiger partial charge in [0.05, 0.1) is 14.2 Å². The van der Waals surface area contributed by atoms with Crippen molar-refractivity contribution >= 4 is 11.9 Å². The molecule has 8 nitrogen and oxygen atoms in total. The normalized spacial score (nSPS) is 39.6. The fourth-order valence-electron chi connectivity index (χ4n) is 9.82. The van der Waals surface area contributed by atoms with Gasteiger partial charge in [-0.05, 0) is 58.8 Å². The van der Waals surface area contributed by atoms with Crippen LogP contribution in [-0.2, 0) is 35.6 Å². The predicted octanol–water partition coefficient (Wildman–Crippen LogP) is 6.35. The van der Waals surface area contributed by atoms with E-state index in [2.05, 4.69) is 52.2 Å². The summed E-state index contributed by atoms with van der Waals surface area (Å²) in [6.45, 7) is 14.0. The van der Waals surface area contributed by atoms with Crippen molar-refractivity contribution in [2.24, 2.45) is 23.7 Å². The van der Waals surface area contributed by atoms with Crippen LogP contribution in [0.15, 0.2) is 22.3 Å². The summed E-state index contributed by atoms with van der Waals surface area (Å²) in [4.78, 5) is 24.5. The molecule has 12 atom stereocenters. The average Bonchev–Trinajstić information content (AvgIpc) is 3.67. The molecule has 0 aromatic rings. The van der Waals surface area contributed by atoms with Gasteiger partial charge in [0, 0.05) is 37.0 Å². The van der Waals surface area contributed by atoms with Crippen molar-refractivity contribution in [3.05, 3.63) is 32.9 Å². The SMILES string of the molecule is CCC1=C(C)C2CC3[N-]C(CC4[N-]C(CC5NC(CC1N2)C(C)=C5CC)C(C)C4CCC(=O)OC)C(CCC(=O)OC)C3C.[Ni+2]. The minimum Gasteiger partial charge on any atom is -0.656 e. The molecule has 0 saturated carbocycles. The molecule has 0 aromatic heterocycles. The molecule has 0 radical (unpaired) electrons. The molecule has 3 saturated heterocycles. The number of carbonyl (C=O) groups excluding carboxylic acids is 2. The van der Waals surface area contributed by atoms with Crippen LogP contribution in [0.1, 0.15) is 106 Å². The van der Waals surface area contributed by atoms with E-state index >= 15 is 0 Å². The zero-order valence-corrected chi connectivity index (χ0v) is 29.8. The third-order valence-electron chi connectivity index (χ3n) is 12.5. The number of nitrogens with one attached hydrogen (secondary N) is 2. The molecule has 0 aliphatic carbocycles. The molecule has 45 heavy (non-hydrogen) atoms. The molecule has 0 spiro atoms. The smallest absolute Gasteiger partial charge is 0.656 e. The van der Waals surface area contributed by atoms with Crippen molar-refractivity contribution < 1.29 is 35.6 Å². The van der Waals surface area contributed by atoms with Crippen LogP contribution >= 0.6 is 0 Å². The zero-order chi connectivity index (χ0) is 31.7. The molecular formula is C36H58N4NiO4. The molecule has 0 amide bonds. The third-order valence-corrected chi connectivity index (χ3v) is 12.5. The first-order valence-electron chi connectivity index (χ1n) is 17.5. The Morgan fingerprint density at radius 3 is 1.49 bits per heavy atom. The van der Waals surface area contributed by atoms with E-state index in [4.69, 9.17) is 20.1 Å². The Morgan fingerprint density at radius 1 is 0.667 bits per heavy atom. The summed E-state index contributed by atoms with van der Waals surface area (Å²) in [7, 11) is 2.96. The summed E-state index contributed by atoms with van der Waals surface area (Å²) in [5.41, 5.74) is 6.18. The molecule has 2 N–H and O–H groups in total. The van der Waals surface area contributed by atoms with Crippen LogP contribution in [0.5, 0.6) is 0 Å². The molecule has 5 aliphatic heterocycles. The minimum atomic E-state index is -0.141. The number of nitrogens with zero attached hydrogens (tertiary/aromatic N) is 2. The van der Waals surface area contributed by atoms with E-state index in [1.165, 1.54) is 25.4 Å². The Balaban J connectivity index is 0.00000461. The Morgan fingerprint density at radius 2 is 1.07 bits per heavy atom. The van der Waals surface area contributed by atoms with Crippen molar-refractivity contribution in [1.29, 1.82) is 0 Å². The fourth-order valence-corrected chi connectivity index (χ4v) is 9.82. The number of carbonyl (C=O) groups is 2. The second-order valence-corrected chi connectivity index (χ2v) is 14.5. The summed E-state index contributed by atoms with van der Waals surface area (Å²) in [5.74, 6) is 1.13. The fraction of sp³-hybridized carbons (Fsp3) is 0.833. The second-order valence-electron chi connectivity index (χ2n) is 14.5. The Labute approximate surface area is 282 Å². The molecule has 5 rings (SSSR count). The Bertz CT molecular complexity index is 1130. The van der Waals surface area contributed by atoms with Gasteiger partial charge in [0.15, 0.2) is 0 Å². The van der Waals surface area contributed by atoms with Gasteiger partial charge in [-0.2, -0.15) is 0 Å². The number of esters is 2. The van der Waals surface area contributed by atoms with Gasteiger partial charge in [0.1, 0.15) is 0 Å². The maximum atomic E-state index is 12.3. The molecule has 256 valence electrons. The summed E-state index contributed by atoms with van der Waals surface area (Å²) in [6.07, 6.45) is 8.57. The van der Waals surface area contributed by atoms with Crippen LogP contribution < -0.4 is 10.6 Å². The number of hydrogen-bond acceptors (Lipinski definition) is 6. The van der Waals surface area contributed by atoms with Crippen LogP contribution in [0, 0.1) is 23.7 Å². The zero-order valence-electron chi connectivity index (χ0n) is 28.8. The quantitative estimate of drug-likeness (QED) is 0.177. The standard InChI is InChI=1S/C36H58N4O4.Ni/c1-9-23-19(3)27-15-28-21(5)25(11-13-35(41)43-7)33(39-28)18-34-26(12-14-36(42)44-8)22(6)30(40-34)17-32-24(10-2)20(4)29(38-32)16-31(23)37-27;/h21-22,25-34,37-38H,9-18H2,1-8H3;/q-2;+2. The van der Waals surface area contributed by atoms with Crippen LogP contribution in [0.25, 0.3) is 10.6 Å². The van der Waals surface area contributed by atoms with E-state index in [-0.39, 0.29) is 52.6 Å². The van der Waals surface area contributed by atoms with Gasteiger partial charge in [-0.15, -0.1) is 24.2 Å². The molecule has 3 fully saturated rings. The molecule has 5 heterocycles. The molecular weight excluding hydrogens is 611 g/mol. The number of hydrogen-bond donors (Lipinski definition) is 2. The molecule has 5 aliphatic rings. The van der Waals surface area contributed by atoms with E-state index in [0.717, 1.165) is 51.4 Å². The van der Waals surface area contributed by atoms with Crippen molar-refractivity contribution in [3.8, 4) is 0 Å². The van der Waals surface area contributed by atoms with E-state index in [1.54, 1.807) is 11.1 Å². The van der Waals surface area contributed by atoms with Crippen molar-refractivity contribution in [1.82, 2.24) is 10.6 Å². The predicted molar refractivity (Wildman–Crippen MR) is 176 cm³/mol. The van der Waals surface area contributed by atoms with Crippen LogP contribution in [-0.4, -0.2) is 74.5 Å². The van der Waals surface area contributed by atoms with Gasteiger partial charge in [0.2, 0.25) is 0 Å². The van der Waals surface area contributed by atoms with Gasteiger partial charge < -0.3 is 30.7 Å². The van der Waals surface area contributed by atoms with E-state index in [9.17, 15) is 9.59 Å². The van der Waals surface area contributed by atoms with E-state index < -0.39 is 0 Å². The first kappa shape index (κ1) is 36.6. The molecule has 12 unspecified atom stereocenters. The first-order valence-corrected chi connectivity index (χ1v) is 17.5. The number of rotatable bonds is 8. The minimum absolute atomic E-state index is 0. The average molecular weight is 670 g/mol. The maximum Gasteiger partial charge on any atom is 2.00 e. The number of fused-ring (bicyclic) bond motifs is 8. The summed E-state index contributed by atoms with van der Waals surface area (Å²) in [6, 6.07) is 2.22. The van der Waals surface area contributed by atoms with Crippen LogP contribution in [0.2, 0.25) is 0 Å².